The monoisotopic (exact) mass is 302 g/mol. The van der Waals surface area contributed by atoms with E-state index in [1.54, 1.807) is 14.2 Å². The van der Waals surface area contributed by atoms with Gasteiger partial charge in [0.05, 0.1) is 14.2 Å². The molecule has 2 N–H and O–H groups in total. The van der Waals surface area contributed by atoms with Crippen LogP contribution in [0.4, 0.5) is 0 Å². The van der Waals surface area contributed by atoms with Gasteiger partial charge in [-0.25, -0.2) is 0 Å². The summed E-state index contributed by atoms with van der Waals surface area (Å²) < 4.78 is 10.4. The number of hydrogen-bond acceptors (Lipinski definition) is 4. The summed E-state index contributed by atoms with van der Waals surface area (Å²) in [6.45, 7) is 1.43. The molecule has 114 valence electrons. The highest BCUT2D eigenvalue weighted by atomic mass is 35.5. The number of carbonyl (C=O) groups excluding carboxylic acids is 1. The molecule has 0 aliphatic heterocycles. The highest BCUT2D eigenvalue weighted by Crippen LogP contribution is 2.23. The number of halogens is 1. The minimum Gasteiger partial charge on any atom is -0.497 e. The molecule has 0 spiro atoms. The van der Waals surface area contributed by atoms with Crippen LogP contribution in [0.3, 0.4) is 0 Å². The van der Waals surface area contributed by atoms with Gasteiger partial charge in [-0.15, -0.1) is 12.4 Å². The predicted molar refractivity (Wildman–Crippen MR) is 82.1 cm³/mol. The molecule has 5 nitrogen and oxygen atoms in total. The number of amides is 1. The minimum absolute atomic E-state index is 0. The van der Waals surface area contributed by atoms with Gasteiger partial charge in [-0.2, -0.15) is 0 Å². The van der Waals surface area contributed by atoms with Crippen molar-refractivity contribution in [3.05, 3.63) is 23.8 Å². The zero-order valence-corrected chi connectivity index (χ0v) is 13.0. The van der Waals surface area contributed by atoms with Crippen molar-refractivity contribution in [3.8, 4) is 11.5 Å². The quantitative estimate of drug-likeness (QED) is 0.713. The second kappa shape index (κ2) is 10.3. The molecular weight excluding hydrogens is 280 g/mol. The summed E-state index contributed by atoms with van der Waals surface area (Å²) in [5.41, 5.74) is 1.03. The van der Waals surface area contributed by atoms with Crippen molar-refractivity contribution in [3.63, 3.8) is 0 Å². The molecule has 0 aliphatic carbocycles. The largest absolute Gasteiger partial charge is 0.497 e. The lowest BCUT2D eigenvalue weighted by Crippen LogP contribution is -2.30. The molecule has 0 heterocycles. The summed E-state index contributed by atoms with van der Waals surface area (Å²) in [6.07, 6.45) is 1.12. The molecule has 1 amide bonds. The van der Waals surface area contributed by atoms with Gasteiger partial charge in [0.15, 0.2) is 0 Å². The highest BCUT2D eigenvalue weighted by molar-refractivity contribution is 5.85. The average molecular weight is 303 g/mol. The van der Waals surface area contributed by atoms with Crippen LogP contribution in [0.1, 0.15) is 12.0 Å². The Morgan fingerprint density at radius 1 is 1.10 bits per heavy atom. The van der Waals surface area contributed by atoms with Crippen LogP contribution in [-0.4, -0.2) is 40.3 Å². The Balaban J connectivity index is 0.00000361. The molecule has 0 aromatic heterocycles. The van der Waals surface area contributed by atoms with Crippen LogP contribution in [0, 0.1) is 0 Å². The number of carbonyl (C=O) groups is 1. The van der Waals surface area contributed by atoms with E-state index in [2.05, 4.69) is 10.6 Å². The third-order valence-electron chi connectivity index (χ3n) is 2.75. The van der Waals surface area contributed by atoms with E-state index in [1.165, 1.54) is 0 Å². The van der Waals surface area contributed by atoms with Gasteiger partial charge in [-0.1, -0.05) is 0 Å². The van der Waals surface area contributed by atoms with Crippen LogP contribution < -0.4 is 20.1 Å². The molecule has 1 aromatic rings. The topological polar surface area (TPSA) is 59.6 Å². The van der Waals surface area contributed by atoms with Gasteiger partial charge in [0, 0.05) is 25.6 Å². The SMILES string of the molecule is CNCCNC(=O)CCc1cc(OC)cc(OC)c1.Cl. The number of hydrogen-bond donors (Lipinski definition) is 2. The molecular formula is C14H23ClN2O3. The Hall–Kier alpha value is -1.46. The van der Waals surface area contributed by atoms with Gasteiger partial charge < -0.3 is 20.1 Å². The summed E-state index contributed by atoms with van der Waals surface area (Å²) in [6, 6.07) is 5.66. The van der Waals surface area contributed by atoms with Crippen LogP contribution in [0.2, 0.25) is 0 Å². The number of methoxy groups -OCH3 is 2. The molecule has 1 rings (SSSR count). The molecule has 0 radical (unpaired) electrons. The second-order valence-corrected chi connectivity index (χ2v) is 4.17. The van der Waals surface area contributed by atoms with E-state index in [1.807, 2.05) is 25.2 Å². The standard InChI is InChI=1S/C14H22N2O3.ClH/c1-15-6-7-16-14(17)5-4-11-8-12(18-2)10-13(9-11)19-3;/h8-10,15H,4-7H2,1-3H3,(H,16,17);1H. The van der Waals surface area contributed by atoms with Gasteiger partial charge in [-0.05, 0) is 31.2 Å². The number of rotatable bonds is 8. The van der Waals surface area contributed by atoms with Crippen LogP contribution in [-0.2, 0) is 11.2 Å². The van der Waals surface area contributed by atoms with Crippen LogP contribution in [0.5, 0.6) is 11.5 Å². The summed E-state index contributed by atoms with van der Waals surface area (Å²) >= 11 is 0. The van der Waals surface area contributed by atoms with Crippen molar-refractivity contribution in [1.82, 2.24) is 10.6 Å². The highest BCUT2D eigenvalue weighted by Gasteiger charge is 2.05. The third-order valence-corrected chi connectivity index (χ3v) is 2.75. The van der Waals surface area contributed by atoms with Gasteiger partial charge in [0.25, 0.3) is 0 Å². The Morgan fingerprint density at radius 3 is 2.20 bits per heavy atom. The summed E-state index contributed by atoms with van der Waals surface area (Å²) in [5, 5.41) is 5.83. The fourth-order valence-corrected chi connectivity index (χ4v) is 1.68. The van der Waals surface area contributed by atoms with Gasteiger partial charge in [0.2, 0.25) is 5.91 Å². The van der Waals surface area contributed by atoms with E-state index >= 15 is 0 Å². The fraction of sp³-hybridized carbons (Fsp3) is 0.500. The van der Waals surface area contributed by atoms with E-state index < -0.39 is 0 Å². The van der Waals surface area contributed by atoms with Crippen molar-refractivity contribution in [2.45, 2.75) is 12.8 Å². The Bertz CT molecular complexity index is 391. The number of ether oxygens (including phenoxy) is 2. The first-order valence-corrected chi connectivity index (χ1v) is 6.33. The van der Waals surface area contributed by atoms with Gasteiger partial charge in [0.1, 0.15) is 11.5 Å². The average Bonchev–Trinajstić information content (AvgIpc) is 2.45. The molecule has 0 atom stereocenters. The summed E-state index contributed by atoms with van der Waals surface area (Å²) in [5.74, 6) is 1.53. The zero-order chi connectivity index (χ0) is 14.1. The molecule has 0 saturated heterocycles. The van der Waals surface area contributed by atoms with Crippen molar-refractivity contribution < 1.29 is 14.3 Å². The lowest BCUT2D eigenvalue weighted by Gasteiger charge is -2.09. The number of aryl methyl sites for hydroxylation is 1. The molecule has 20 heavy (non-hydrogen) atoms. The molecule has 0 fully saturated rings. The summed E-state index contributed by atoms with van der Waals surface area (Å²) in [4.78, 5) is 11.6. The van der Waals surface area contributed by atoms with Crippen molar-refractivity contribution in [2.75, 3.05) is 34.4 Å². The third kappa shape index (κ3) is 6.63. The Kier molecular flexibility index (Phi) is 9.59. The van der Waals surface area contributed by atoms with Crippen molar-refractivity contribution in [2.24, 2.45) is 0 Å². The van der Waals surface area contributed by atoms with E-state index in [0.29, 0.717) is 19.4 Å². The van der Waals surface area contributed by atoms with E-state index in [0.717, 1.165) is 23.6 Å². The molecule has 0 saturated carbocycles. The van der Waals surface area contributed by atoms with Crippen LogP contribution in [0.15, 0.2) is 18.2 Å². The first-order chi connectivity index (χ1) is 9.19. The smallest absolute Gasteiger partial charge is 0.220 e. The number of likely N-dealkylation sites (N-methyl/N-ethyl adjacent to an activating group) is 1. The lowest BCUT2D eigenvalue weighted by atomic mass is 10.1. The fourth-order valence-electron chi connectivity index (χ4n) is 1.68. The zero-order valence-electron chi connectivity index (χ0n) is 12.2. The summed E-state index contributed by atoms with van der Waals surface area (Å²) in [7, 11) is 5.08. The molecule has 6 heteroatoms. The molecule has 0 bridgehead atoms. The minimum atomic E-state index is 0. The Labute approximate surface area is 126 Å². The molecule has 0 unspecified atom stereocenters. The second-order valence-electron chi connectivity index (χ2n) is 4.17. The number of benzene rings is 1. The first kappa shape index (κ1) is 18.5. The van der Waals surface area contributed by atoms with E-state index in [4.69, 9.17) is 9.47 Å². The maximum absolute atomic E-state index is 11.6. The van der Waals surface area contributed by atoms with Crippen molar-refractivity contribution in [1.29, 1.82) is 0 Å². The molecule has 1 aromatic carbocycles. The predicted octanol–water partition coefficient (Wildman–Crippen LogP) is 1.39. The Morgan fingerprint density at radius 2 is 1.70 bits per heavy atom. The first-order valence-electron chi connectivity index (χ1n) is 6.33. The van der Waals surface area contributed by atoms with E-state index in [9.17, 15) is 4.79 Å². The lowest BCUT2D eigenvalue weighted by molar-refractivity contribution is -0.121. The van der Waals surface area contributed by atoms with Crippen LogP contribution >= 0.6 is 12.4 Å². The van der Waals surface area contributed by atoms with E-state index in [-0.39, 0.29) is 18.3 Å². The number of nitrogens with one attached hydrogen (secondary N) is 2. The van der Waals surface area contributed by atoms with Gasteiger partial charge in [-0.3, -0.25) is 4.79 Å². The van der Waals surface area contributed by atoms with Gasteiger partial charge >= 0.3 is 0 Å². The molecule has 0 aliphatic rings. The normalized spacial score (nSPS) is 9.55. The maximum Gasteiger partial charge on any atom is 0.220 e. The van der Waals surface area contributed by atoms with Crippen LogP contribution in [0.25, 0.3) is 0 Å². The van der Waals surface area contributed by atoms with Crippen molar-refractivity contribution >= 4 is 18.3 Å². The maximum atomic E-state index is 11.6.